The molecular weight excluding hydrogens is 292 g/mol. The van der Waals surface area contributed by atoms with Gasteiger partial charge >= 0.3 is 0 Å². The van der Waals surface area contributed by atoms with Gasteiger partial charge in [0.15, 0.2) is 4.99 Å². The maximum absolute atomic E-state index is 12.1. The maximum Gasteiger partial charge on any atom is 0.279 e. The molecule has 1 amide bonds. The summed E-state index contributed by atoms with van der Waals surface area (Å²) in [6.45, 7) is 2.59. The molecule has 0 bridgehead atoms. The number of hydrogen-bond donors (Lipinski definition) is 2. The van der Waals surface area contributed by atoms with E-state index in [-0.39, 0.29) is 16.9 Å². The lowest BCUT2D eigenvalue weighted by molar-refractivity contribution is -0.115. The molecule has 2 rings (SSSR count). The van der Waals surface area contributed by atoms with Crippen LogP contribution < -0.4 is 10.6 Å². The van der Waals surface area contributed by atoms with Crippen molar-refractivity contribution in [2.75, 3.05) is 6.54 Å². The molecule has 0 spiro atoms. The summed E-state index contributed by atoms with van der Waals surface area (Å²) in [7, 11) is 0. The Labute approximate surface area is 136 Å². The highest BCUT2D eigenvalue weighted by atomic mass is 32.1. The maximum atomic E-state index is 12.1. The Hall–Kier alpha value is -2.20. The van der Waals surface area contributed by atoms with Gasteiger partial charge in [-0.25, -0.2) is 0 Å². The second-order valence-electron chi connectivity index (χ2n) is 5.10. The SMILES string of the molecule is CC(NC(=O)C(=S)NCCc1ccccc1)c1ccccc1. The van der Waals surface area contributed by atoms with E-state index >= 15 is 0 Å². The van der Waals surface area contributed by atoms with Crippen LogP contribution in [0.15, 0.2) is 60.7 Å². The zero-order chi connectivity index (χ0) is 15.8. The van der Waals surface area contributed by atoms with Crippen molar-refractivity contribution in [1.82, 2.24) is 10.6 Å². The minimum atomic E-state index is -0.237. The molecule has 4 heteroatoms. The van der Waals surface area contributed by atoms with Gasteiger partial charge in [0.05, 0.1) is 6.04 Å². The molecule has 0 radical (unpaired) electrons. The number of amides is 1. The summed E-state index contributed by atoms with van der Waals surface area (Å²) in [4.78, 5) is 12.3. The minimum Gasteiger partial charge on any atom is -0.371 e. The van der Waals surface area contributed by atoms with Gasteiger partial charge in [0.25, 0.3) is 5.91 Å². The molecule has 0 fully saturated rings. The van der Waals surface area contributed by atoms with Gasteiger partial charge in [-0.2, -0.15) is 0 Å². The number of hydrogen-bond acceptors (Lipinski definition) is 2. The van der Waals surface area contributed by atoms with E-state index in [1.54, 1.807) is 0 Å². The molecule has 0 aliphatic carbocycles. The summed E-state index contributed by atoms with van der Waals surface area (Å²) in [5.41, 5.74) is 2.28. The van der Waals surface area contributed by atoms with E-state index in [4.69, 9.17) is 12.2 Å². The molecule has 1 atom stereocenters. The van der Waals surface area contributed by atoms with Crippen molar-refractivity contribution in [1.29, 1.82) is 0 Å². The molecule has 0 saturated carbocycles. The van der Waals surface area contributed by atoms with Crippen LogP contribution in [0.3, 0.4) is 0 Å². The van der Waals surface area contributed by atoms with Crippen LogP contribution in [0.4, 0.5) is 0 Å². The largest absolute Gasteiger partial charge is 0.371 e. The van der Waals surface area contributed by atoms with Gasteiger partial charge in [-0.15, -0.1) is 0 Å². The van der Waals surface area contributed by atoms with Gasteiger partial charge in [0, 0.05) is 6.54 Å². The highest BCUT2D eigenvalue weighted by Crippen LogP contribution is 2.10. The zero-order valence-electron chi connectivity index (χ0n) is 12.6. The predicted molar refractivity (Wildman–Crippen MR) is 93.7 cm³/mol. The first-order valence-electron chi connectivity index (χ1n) is 7.34. The molecule has 114 valence electrons. The van der Waals surface area contributed by atoms with Gasteiger partial charge in [0.1, 0.15) is 0 Å². The van der Waals surface area contributed by atoms with E-state index in [1.807, 2.05) is 55.5 Å². The van der Waals surface area contributed by atoms with Crippen molar-refractivity contribution in [2.45, 2.75) is 19.4 Å². The number of benzene rings is 2. The average Bonchev–Trinajstić information content (AvgIpc) is 2.56. The molecule has 0 saturated heterocycles. The van der Waals surface area contributed by atoms with Crippen LogP contribution in [0.1, 0.15) is 24.1 Å². The van der Waals surface area contributed by atoms with Crippen molar-refractivity contribution < 1.29 is 4.79 Å². The molecule has 2 aromatic carbocycles. The first kappa shape index (κ1) is 16.2. The molecule has 0 aliphatic heterocycles. The van der Waals surface area contributed by atoms with Crippen LogP contribution in [0.5, 0.6) is 0 Å². The minimum absolute atomic E-state index is 0.0671. The number of rotatable bonds is 5. The predicted octanol–water partition coefficient (Wildman–Crippen LogP) is 3.02. The average molecular weight is 312 g/mol. The number of carbonyl (C=O) groups is 1. The van der Waals surface area contributed by atoms with Gasteiger partial charge < -0.3 is 10.6 Å². The molecule has 3 nitrogen and oxygen atoms in total. The van der Waals surface area contributed by atoms with Crippen LogP contribution in [0, 0.1) is 0 Å². The number of carbonyl (C=O) groups excluding carboxylic acids is 1. The standard InChI is InChI=1S/C18H20N2OS/c1-14(16-10-6-3-7-11-16)20-17(21)18(22)19-13-12-15-8-4-2-5-9-15/h2-11,14H,12-13H2,1H3,(H,19,22)(H,20,21). The Morgan fingerprint density at radius 1 is 1.05 bits per heavy atom. The molecule has 22 heavy (non-hydrogen) atoms. The monoisotopic (exact) mass is 312 g/mol. The van der Waals surface area contributed by atoms with Gasteiger partial charge in [-0.05, 0) is 24.5 Å². The highest BCUT2D eigenvalue weighted by molar-refractivity contribution is 7.82. The Balaban J connectivity index is 1.76. The van der Waals surface area contributed by atoms with E-state index in [2.05, 4.69) is 22.8 Å². The van der Waals surface area contributed by atoms with Crippen LogP contribution >= 0.6 is 12.2 Å². The van der Waals surface area contributed by atoms with Gasteiger partial charge in [-0.1, -0.05) is 72.9 Å². The van der Waals surface area contributed by atoms with Crippen molar-refractivity contribution in [3.8, 4) is 0 Å². The van der Waals surface area contributed by atoms with Gasteiger partial charge in [0.2, 0.25) is 0 Å². The first-order chi connectivity index (χ1) is 10.7. The Kier molecular flexibility index (Phi) is 6.10. The first-order valence-corrected chi connectivity index (χ1v) is 7.75. The third-order valence-electron chi connectivity index (χ3n) is 3.40. The fourth-order valence-electron chi connectivity index (χ4n) is 2.13. The summed E-state index contributed by atoms with van der Waals surface area (Å²) in [6, 6.07) is 19.9. The molecule has 1 unspecified atom stereocenters. The van der Waals surface area contributed by atoms with Crippen molar-refractivity contribution >= 4 is 23.1 Å². The third kappa shape index (κ3) is 4.97. The zero-order valence-corrected chi connectivity index (χ0v) is 13.4. The molecule has 2 aromatic rings. The summed E-state index contributed by atoms with van der Waals surface area (Å²) >= 11 is 5.14. The lowest BCUT2D eigenvalue weighted by atomic mass is 10.1. The third-order valence-corrected chi connectivity index (χ3v) is 3.73. The Bertz CT molecular complexity index is 613. The topological polar surface area (TPSA) is 41.1 Å². The smallest absolute Gasteiger partial charge is 0.279 e. The fourth-order valence-corrected chi connectivity index (χ4v) is 2.29. The molecule has 0 aromatic heterocycles. The Morgan fingerprint density at radius 2 is 1.64 bits per heavy atom. The molecular formula is C18H20N2OS. The second kappa shape index (κ2) is 8.29. The lowest BCUT2D eigenvalue weighted by Gasteiger charge is -2.15. The normalized spacial score (nSPS) is 11.5. The summed E-state index contributed by atoms with van der Waals surface area (Å²) in [6.07, 6.45) is 0.836. The Morgan fingerprint density at radius 3 is 2.27 bits per heavy atom. The number of nitrogens with one attached hydrogen (secondary N) is 2. The summed E-state index contributed by atoms with van der Waals surface area (Å²) < 4.78 is 0. The van der Waals surface area contributed by atoms with E-state index in [0.717, 1.165) is 12.0 Å². The number of thiocarbonyl (C=S) groups is 1. The van der Waals surface area contributed by atoms with Crippen LogP contribution in [-0.2, 0) is 11.2 Å². The lowest BCUT2D eigenvalue weighted by Crippen LogP contribution is -2.40. The summed E-state index contributed by atoms with van der Waals surface area (Å²) in [5, 5.41) is 5.91. The summed E-state index contributed by atoms with van der Waals surface area (Å²) in [5.74, 6) is -0.237. The molecule has 0 heterocycles. The van der Waals surface area contributed by atoms with E-state index in [1.165, 1.54) is 5.56 Å². The quantitative estimate of drug-likeness (QED) is 0.834. The van der Waals surface area contributed by atoms with Crippen LogP contribution in [-0.4, -0.2) is 17.4 Å². The van der Waals surface area contributed by atoms with Crippen molar-refractivity contribution in [3.63, 3.8) is 0 Å². The second-order valence-corrected chi connectivity index (χ2v) is 5.51. The van der Waals surface area contributed by atoms with Gasteiger partial charge in [-0.3, -0.25) is 4.79 Å². The van der Waals surface area contributed by atoms with E-state index < -0.39 is 0 Å². The van der Waals surface area contributed by atoms with Crippen LogP contribution in [0.25, 0.3) is 0 Å². The fraction of sp³-hybridized carbons (Fsp3) is 0.222. The molecule has 0 aliphatic rings. The van der Waals surface area contributed by atoms with Crippen molar-refractivity contribution in [2.24, 2.45) is 0 Å². The van der Waals surface area contributed by atoms with E-state index in [9.17, 15) is 4.79 Å². The van der Waals surface area contributed by atoms with E-state index in [0.29, 0.717) is 6.54 Å². The van der Waals surface area contributed by atoms with Crippen molar-refractivity contribution in [3.05, 3.63) is 71.8 Å². The highest BCUT2D eigenvalue weighted by Gasteiger charge is 2.13. The molecule has 2 N–H and O–H groups in total. The van der Waals surface area contributed by atoms with Crippen LogP contribution in [0.2, 0.25) is 0 Å².